The molecular weight excluding hydrogens is 228 g/mol. The molecule has 0 aromatic heterocycles. The summed E-state index contributed by atoms with van der Waals surface area (Å²) in [4.78, 5) is 33.0. The number of carbonyl (C=O) groups excluding carboxylic acids is 2. The normalized spacial score (nSPS) is 13.4. The quantitative estimate of drug-likeness (QED) is 0.576. The van der Waals surface area contributed by atoms with E-state index in [1.165, 1.54) is 14.0 Å². The standard InChI is InChI=1S/C10H18N2O5/c1-4-10(2,8(14)15)12-9(16)11-6-5-7(13)17-3/h4-6H2,1-3H3,(H,14,15)(H2,11,12,16). The van der Waals surface area contributed by atoms with Gasteiger partial charge in [0.25, 0.3) is 0 Å². The second-order valence-electron chi connectivity index (χ2n) is 3.70. The average molecular weight is 246 g/mol. The number of esters is 1. The van der Waals surface area contributed by atoms with E-state index < -0.39 is 23.5 Å². The molecule has 0 spiro atoms. The maximum atomic E-state index is 11.4. The van der Waals surface area contributed by atoms with Gasteiger partial charge in [0.1, 0.15) is 5.54 Å². The lowest BCUT2D eigenvalue weighted by molar-refractivity contribution is -0.144. The summed E-state index contributed by atoms with van der Waals surface area (Å²) in [6.07, 6.45) is 0.298. The summed E-state index contributed by atoms with van der Waals surface area (Å²) in [5.74, 6) is -1.55. The molecule has 0 aliphatic carbocycles. The maximum Gasteiger partial charge on any atom is 0.329 e. The monoisotopic (exact) mass is 246 g/mol. The molecule has 7 nitrogen and oxygen atoms in total. The molecule has 2 amide bonds. The lowest BCUT2D eigenvalue weighted by Crippen LogP contribution is -2.55. The van der Waals surface area contributed by atoms with Crippen molar-refractivity contribution in [2.75, 3.05) is 13.7 Å². The number of urea groups is 1. The van der Waals surface area contributed by atoms with E-state index in [0.717, 1.165) is 0 Å². The van der Waals surface area contributed by atoms with Crippen LogP contribution in [-0.2, 0) is 14.3 Å². The highest BCUT2D eigenvalue weighted by molar-refractivity contribution is 5.85. The van der Waals surface area contributed by atoms with Crippen LogP contribution in [0.1, 0.15) is 26.7 Å². The van der Waals surface area contributed by atoms with Crippen molar-refractivity contribution in [3.05, 3.63) is 0 Å². The smallest absolute Gasteiger partial charge is 0.329 e. The van der Waals surface area contributed by atoms with Gasteiger partial charge in [-0.3, -0.25) is 4.79 Å². The number of aliphatic carboxylic acids is 1. The summed E-state index contributed by atoms with van der Waals surface area (Å²) < 4.78 is 4.39. The van der Waals surface area contributed by atoms with Crippen molar-refractivity contribution in [2.24, 2.45) is 0 Å². The number of amides is 2. The van der Waals surface area contributed by atoms with Gasteiger partial charge >= 0.3 is 18.0 Å². The lowest BCUT2D eigenvalue weighted by atomic mass is 10.00. The van der Waals surface area contributed by atoms with E-state index in [0.29, 0.717) is 0 Å². The second kappa shape index (κ2) is 6.72. The van der Waals surface area contributed by atoms with Gasteiger partial charge in [0.2, 0.25) is 0 Å². The topological polar surface area (TPSA) is 105 Å². The second-order valence-corrected chi connectivity index (χ2v) is 3.70. The summed E-state index contributed by atoms with van der Waals surface area (Å²) in [6.45, 7) is 3.16. The Bertz CT molecular complexity index is 305. The fourth-order valence-electron chi connectivity index (χ4n) is 0.968. The molecule has 0 saturated carbocycles. The number of carboxylic acid groups (broad SMARTS) is 1. The van der Waals surface area contributed by atoms with Crippen molar-refractivity contribution in [1.29, 1.82) is 0 Å². The first-order valence-electron chi connectivity index (χ1n) is 5.22. The molecule has 1 unspecified atom stereocenters. The predicted octanol–water partition coefficient (Wildman–Crippen LogP) is 0.102. The molecule has 0 aliphatic rings. The maximum absolute atomic E-state index is 11.4. The molecule has 0 radical (unpaired) electrons. The van der Waals surface area contributed by atoms with Gasteiger partial charge in [-0.05, 0) is 13.3 Å². The van der Waals surface area contributed by atoms with Crippen molar-refractivity contribution in [3.63, 3.8) is 0 Å². The van der Waals surface area contributed by atoms with E-state index in [1.54, 1.807) is 6.92 Å². The summed E-state index contributed by atoms with van der Waals surface area (Å²) >= 11 is 0. The van der Waals surface area contributed by atoms with E-state index in [-0.39, 0.29) is 19.4 Å². The van der Waals surface area contributed by atoms with Gasteiger partial charge < -0.3 is 20.5 Å². The fraction of sp³-hybridized carbons (Fsp3) is 0.700. The SMILES string of the molecule is CCC(C)(NC(=O)NCCC(=O)OC)C(=O)O. The molecule has 0 saturated heterocycles. The van der Waals surface area contributed by atoms with Gasteiger partial charge in [-0.15, -0.1) is 0 Å². The van der Waals surface area contributed by atoms with Gasteiger partial charge in [0, 0.05) is 6.54 Å². The molecule has 0 aromatic carbocycles. The minimum Gasteiger partial charge on any atom is -0.480 e. The third kappa shape index (κ3) is 5.19. The first-order chi connectivity index (χ1) is 7.85. The average Bonchev–Trinajstić information content (AvgIpc) is 2.28. The van der Waals surface area contributed by atoms with Crippen LogP contribution in [-0.4, -0.2) is 42.3 Å². The highest BCUT2D eigenvalue weighted by Crippen LogP contribution is 2.08. The lowest BCUT2D eigenvalue weighted by Gasteiger charge is -2.24. The summed E-state index contributed by atoms with van der Waals surface area (Å²) in [5.41, 5.74) is -1.31. The molecule has 0 aromatic rings. The number of nitrogens with one attached hydrogen (secondary N) is 2. The molecule has 3 N–H and O–H groups in total. The highest BCUT2D eigenvalue weighted by Gasteiger charge is 2.32. The zero-order valence-electron chi connectivity index (χ0n) is 10.2. The summed E-state index contributed by atoms with van der Waals surface area (Å²) in [5, 5.41) is 13.6. The van der Waals surface area contributed by atoms with Crippen molar-refractivity contribution < 1.29 is 24.2 Å². The Morgan fingerprint density at radius 3 is 2.35 bits per heavy atom. The van der Waals surface area contributed by atoms with Gasteiger partial charge in [-0.2, -0.15) is 0 Å². The van der Waals surface area contributed by atoms with Crippen LogP contribution >= 0.6 is 0 Å². The van der Waals surface area contributed by atoms with Gasteiger partial charge in [-0.25, -0.2) is 9.59 Å². The number of rotatable bonds is 6. The molecular formula is C10H18N2O5. The molecule has 0 bridgehead atoms. The molecule has 98 valence electrons. The first-order valence-corrected chi connectivity index (χ1v) is 5.22. The Morgan fingerprint density at radius 1 is 1.35 bits per heavy atom. The van der Waals surface area contributed by atoms with Gasteiger partial charge in [0.05, 0.1) is 13.5 Å². The number of carboxylic acids is 1. The van der Waals surface area contributed by atoms with E-state index in [1.807, 2.05) is 0 Å². The van der Waals surface area contributed by atoms with Crippen LogP contribution in [0.2, 0.25) is 0 Å². The van der Waals surface area contributed by atoms with E-state index in [2.05, 4.69) is 15.4 Å². The Morgan fingerprint density at radius 2 is 1.94 bits per heavy atom. The van der Waals surface area contributed by atoms with E-state index >= 15 is 0 Å². The van der Waals surface area contributed by atoms with Crippen LogP contribution in [0.5, 0.6) is 0 Å². The summed E-state index contributed by atoms with van der Waals surface area (Å²) in [6, 6.07) is -0.624. The van der Waals surface area contributed by atoms with Crippen molar-refractivity contribution >= 4 is 18.0 Å². The number of hydrogen-bond donors (Lipinski definition) is 3. The van der Waals surface area contributed by atoms with Crippen LogP contribution in [0, 0.1) is 0 Å². The Labute approximate surface area is 99.5 Å². The van der Waals surface area contributed by atoms with Crippen molar-refractivity contribution in [2.45, 2.75) is 32.2 Å². The van der Waals surface area contributed by atoms with Crippen molar-refractivity contribution in [3.8, 4) is 0 Å². The Balaban J connectivity index is 4.09. The van der Waals surface area contributed by atoms with E-state index in [4.69, 9.17) is 5.11 Å². The number of carbonyl (C=O) groups is 3. The van der Waals surface area contributed by atoms with Crippen LogP contribution in [0.25, 0.3) is 0 Å². The zero-order chi connectivity index (χ0) is 13.5. The molecule has 7 heteroatoms. The van der Waals surface area contributed by atoms with Gasteiger partial charge in [0.15, 0.2) is 0 Å². The van der Waals surface area contributed by atoms with Crippen LogP contribution in [0.15, 0.2) is 0 Å². The third-order valence-corrected chi connectivity index (χ3v) is 2.41. The zero-order valence-corrected chi connectivity index (χ0v) is 10.2. The van der Waals surface area contributed by atoms with E-state index in [9.17, 15) is 14.4 Å². The molecule has 0 rings (SSSR count). The first kappa shape index (κ1) is 15.2. The minimum atomic E-state index is -1.31. The van der Waals surface area contributed by atoms with Gasteiger partial charge in [-0.1, -0.05) is 6.92 Å². The van der Waals surface area contributed by atoms with Crippen LogP contribution < -0.4 is 10.6 Å². The molecule has 0 heterocycles. The highest BCUT2D eigenvalue weighted by atomic mass is 16.5. The summed E-state index contributed by atoms with van der Waals surface area (Å²) in [7, 11) is 1.25. The Kier molecular flexibility index (Phi) is 6.01. The predicted molar refractivity (Wildman–Crippen MR) is 59.5 cm³/mol. The minimum absolute atomic E-state index is 0.0415. The van der Waals surface area contributed by atoms with Crippen molar-refractivity contribution in [1.82, 2.24) is 10.6 Å². The Hall–Kier alpha value is -1.79. The van der Waals surface area contributed by atoms with Crippen LogP contribution in [0.3, 0.4) is 0 Å². The van der Waals surface area contributed by atoms with Crippen LogP contribution in [0.4, 0.5) is 4.79 Å². The number of ether oxygens (including phenoxy) is 1. The third-order valence-electron chi connectivity index (χ3n) is 2.41. The molecule has 17 heavy (non-hydrogen) atoms. The molecule has 0 fully saturated rings. The number of hydrogen-bond acceptors (Lipinski definition) is 4. The fourth-order valence-corrected chi connectivity index (χ4v) is 0.968. The number of methoxy groups -OCH3 is 1. The largest absolute Gasteiger partial charge is 0.480 e. The molecule has 0 aliphatic heterocycles. The molecule has 1 atom stereocenters.